The number of aromatic amines is 1. The topological polar surface area (TPSA) is 66.7 Å². The minimum atomic E-state index is 0.527. The van der Waals surface area contributed by atoms with Gasteiger partial charge in [-0.25, -0.2) is 4.98 Å². The Hall–Kier alpha value is -0.940. The molecular weight excluding hydrogens is 196 g/mol. The number of nitrogens with two attached hydrogens (primary N) is 1. The maximum atomic E-state index is 5.48. The Kier molecular flexibility index (Phi) is 2.79. The van der Waals surface area contributed by atoms with E-state index in [4.69, 9.17) is 18.0 Å². The van der Waals surface area contributed by atoms with E-state index >= 15 is 0 Å². The number of nitrogens with one attached hydrogen (secondary N) is 2. The molecule has 4 N–H and O–H groups in total. The lowest BCUT2D eigenvalue weighted by atomic mass is 10.3. The molecule has 1 aromatic rings. The Morgan fingerprint density at radius 3 is 3.07 bits per heavy atom. The summed E-state index contributed by atoms with van der Waals surface area (Å²) in [5.41, 5.74) is 6.53. The maximum Gasteiger partial charge on any atom is 0.198 e. The SMILES string of the molecule is NCCc1cc(NC2CC2)nc(=S)[nH]1. The van der Waals surface area contributed by atoms with Crippen molar-refractivity contribution < 1.29 is 0 Å². The first-order valence-corrected chi connectivity index (χ1v) is 5.25. The highest BCUT2D eigenvalue weighted by Crippen LogP contribution is 2.23. The van der Waals surface area contributed by atoms with Crippen LogP contribution in [-0.4, -0.2) is 22.6 Å². The average molecular weight is 210 g/mol. The molecule has 76 valence electrons. The summed E-state index contributed by atoms with van der Waals surface area (Å²) in [7, 11) is 0. The summed E-state index contributed by atoms with van der Waals surface area (Å²) in [5.74, 6) is 0.875. The summed E-state index contributed by atoms with van der Waals surface area (Å²) in [6, 6.07) is 2.59. The summed E-state index contributed by atoms with van der Waals surface area (Å²) in [6.07, 6.45) is 3.28. The monoisotopic (exact) mass is 210 g/mol. The highest BCUT2D eigenvalue weighted by Gasteiger charge is 2.21. The molecule has 1 heterocycles. The smallest absolute Gasteiger partial charge is 0.198 e. The number of hydrogen-bond donors (Lipinski definition) is 3. The second-order valence-electron chi connectivity index (χ2n) is 3.55. The van der Waals surface area contributed by atoms with E-state index < -0.39 is 0 Å². The molecule has 1 fully saturated rings. The molecule has 0 bridgehead atoms. The van der Waals surface area contributed by atoms with Gasteiger partial charge in [0.1, 0.15) is 5.82 Å². The van der Waals surface area contributed by atoms with Crippen LogP contribution < -0.4 is 11.1 Å². The van der Waals surface area contributed by atoms with Crippen LogP contribution in [0.15, 0.2) is 6.07 Å². The molecule has 1 saturated carbocycles. The highest BCUT2D eigenvalue weighted by molar-refractivity contribution is 7.71. The van der Waals surface area contributed by atoms with E-state index in [2.05, 4.69) is 15.3 Å². The summed E-state index contributed by atoms with van der Waals surface area (Å²) >= 11 is 5.03. The molecular formula is C9H14N4S. The second-order valence-corrected chi connectivity index (χ2v) is 3.94. The fraction of sp³-hybridized carbons (Fsp3) is 0.556. The summed E-state index contributed by atoms with van der Waals surface area (Å²) in [6.45, 7) is 0.623. The van der Waals surface area contributed by atoms with Crippen LogP contribution in [0.2, 0.25) is 0 Å². The number of rotatable bonds is 4. The van der Waals surface area contributed by atoms with Crippen LogP contribution >= 0.6 is 12.2 Å². The van der Waals surface area contributed by atoms with E-state index in [-0.39, 0.29) is 0 Å². The molecule has 0 spiro atoms. The zero-order chi connectivity index (χ0) is 9.97. The molecule has 0 atom stereocenters. The molecule has 1 aliphatic carbocycles. The molecule has 4 nitrogen and oxygen atoms in total. The van der Waals surface area contributed by atoms with Gasteiger partial charge in [0.2, 0.25) is 0 Å². The maximum absolute atomic E-state index is 5.48. The van der Waals surface area contributed by atoms with Crippen molar-refractivity contribution in [3.63, 3.8) is 0 Å². The van der Waals surface area contributed by atoms with E-state index in [1.165, 1.54) is 12.8 Å². The van der Waals surface area contributed by atoms with Crippen LogP contribution in [-0.2, 0) is 6.42 Å². The van der Waals surface area contributed by atoms with Gasteiger partial charge in [-0.1, -0.05) is 0 Å². The number of aromatic nitrogens is 2. The summed E-state index contributed by atoms with van der Waals surface area (Å²) in [5, 5.41) is 3.32. The van der Waals surface area contributed by atoms with Gasteiger partial charge < -0.3 is 16.0 Å². The van der Waals surface area contributed by atoms with E-state index in [1.807, 2.05) is 6.07 Å². The minimum Gasteiger partial charge on any atom is -0.367 e. The van der Waals surface area contributed by atoms with E-state index in [0.29, 0.717) is 17.4 Å². The third-order valence-electron chi connectivity index (χ3n) is 2.14. The van der Waals surface area contributed by atoms with Crippen molar-refractivity contribution >= 4 is 18.0 Å². The first-order valence-electron chi connectivity index (χ1n) is 4.85. The molecule has 1 aromatic heterocycles. The van der Waals surface area contributed by atoms with E-state index in [1.54, 1.807) is 0 Å². The quantitative estimate of drug-likeness (QED) is 0.654. The predicted molar refractivity (Wildman–Crippen MR) is 58.8 cm³/mol. The Labute approximate surface area is 87.9 Å². The van der Waals surface area contributed by atoms with Crippen LogP contribution in [0.25, 0.3) is 0 Å². The largest absolute Gasteiger partial charge is 0.367 e. The molecule has 5 heteroatoms. The predicted octanol–water partition coefficient (Wildman–Crippen LogP) is 1.21. The first kappa shape index (κ1) is 9.61. The lowest BCUT2D eigenvalue weighted by Crippen LogP contribution is -2.08. The Morgan fingerprint density at radius 1 is 1.64 bits per heavy atom. The van der Waals surface area contributed by atoms with Gasteiger partial charge in [0.15, 0.2) is 4.77 Å². The Morgan fingerprint density at radius 2 is 2.43 bits per heavy atom. The van der Waals surface area contributed by atoms with E-state index in [0.717, 1.165) is 17.9 Å². The third-order valence-corrected chi connectivity index (χ3v) is 2.34. The van der Waals surface area contributed by atoms with Gasteiger partial charge in [-0.15, -0.1) is 0 Å². The minimum absolute atomic E-state index is 0.527. The zero-order valence-corrected chi connectivity index (χ0v) is 8.73. The standard InChI is InChI=1S/C9H14N4S/c10-4-3-7-5-8(11-6-1-2-6)13-9(14)12-7/h5-6H,1-4,10H2,(H2,11,12,13,14). The molecule has 14 heavy (non-hydrogen) atoms. The molecule has 1 aliphatic rings. The van der Waals surface area contributed by atoms with Gasteiger partial charge in [0, 0.05) is 11.7 Å². The van der Waals surface area contributed by atoms with Crippen molar-refractivity contribution in [1.82, 2.24) is 9.97 Å². The van der Waals surface area contributed by atoms with E-state index in [9.17, 15) is 0 Å². The number of nitrogens with zero attached hydrogens (tertiary/aromatic N) is 1. The fourth-order valence-electron chi connectivity index (χ4n) is 1.31. The van der Waals surface area contributed by atoms with Gasteiger partial charge in [0.25, 0.3) is 0 Å². The number of hydrogen-bond acceptors (Lipinski definition) is 4. The van der Waals surface area contributed by atoms with Gasteiger partial charge >= 0.3 is 0 Å². The molecule has 0 aliphatic heterocycles. The Bertz CT molecular complexity index is 369. The number of anilines is 1. The van der Waals surface area contributed by atoms with Gasteiger partial charge in [0.05, 0.1) is 0 Å². The van der Waals surface area contributed by atoms with Crippen LogP contribution in [0, 0.1) is 4.77 Å². The molecule has 2 rings (SSSR count). The number of H-pyrrole nitrogens is 1. The van der Waals surface area contributed by atoms with Crippen molar-refractivity contribution in [2.45, 2.75) is 25.3 Å². The highest BCUT2D eigenvalue weighted by atomic mass is 32.1. The van der Waals surface area contributed by atoms with Crippen LogP contribution in [0.4, 0.5) is 5.82 Å². The van der Waals surface area contributed by atoms with Crippen LogP contribution in [0.3, 0.4) is 0 Å². The molecule has 0 aromatic carbocycles. The van der Waals surface area contributed by atoms with Gasteiger partial charge in [-0.05, 0) is 44.1 Å². The zero-order valence-electron chi connectivity index (χ0n) is 7.92. The summed E-state index contributed by atoms with van der Waals surface area (Å²) < 4.78 is 0.527. The molecule has 0 saturated heterocycles. The van der Waals surface area contributed by atoms with Gasteiger partial charge in [-0.2, -0.15) is 0 Å². The lowest BCUT2D eigenvalue weighted by molar-refractivity contribution is 0.901. The first-order chi connectivity index (χ1) is 6.78. The summed E-state index contributed by atoms with van der Waals surface area (Å²) in [4.78, 5) is 7.23. The van der Waals surface area contributed by atoms with Crippen molar-refractivity contribution in [1.29, 1.82) is 0 Å². The fourth-order valence-corrected chi connectivity index (χ4v) is 1.54. The van der Waals surface area contributed by atoms with Crippen LogP contribution in [0.1, 0.15) is 18.5 Å². The average Bonchev–Trinajstić information content (AvgIpc) is 2.87. The van der Waals surface area contributed by atoms with Crippen molar-refractivity contribution in [2.75, 3.05) is 11.9 Å². The second kappa shape index (κ2) is 4.06. The molecule has 0 radical (unpaired) electrons. The third kappa shape index (κ3) is 2.52. The van der Waals surface area contributed by atoms with Gasteiger partial charge in [-0.3, -0.25) is 0 Å². The van der Waals surface area contributed by atoms with Crippen LogP contribution in [0.5, 0.6) is 0 Å². The molecule has 0 unspecified atom stereocenters. The molecule has 0 amide bonds. The normalized spacial score (nSPS) is 15.5. The van der Waals surface area contributed by atoms with Crippen molar-refractivity contribution in [3.8, 4) is 0 Å². The lowest BCUT2D eigenvalue weighted by Gasteiger charge is -2.05. The Balaban J connectivity index is 2.16. The van der Waals surface area contributed by atoms with Crippen molar-refractivity contribution in [2.24, 2.45) is 5.73 Å². The van der Waals surface area contributed by atoms with Crippen molar-refractivity contribution in [3.05, 3.63) is 16.5 Å².